The number of benzene rings is 3. The molecule has 0 spiro atoms. The van der Waals surface area contributed by atoms with Crippen molar-refractivity contribution in [2.24, 2.45) is 5.10 Å². The third-order valence-electron chi connectivity index (χ3n) is 4.69. The summed E-state index contributed by atoms with van der Waals surface area (Å²) < 4.78 is 44.4. The topological polar surface area (TPSA) is 50.7 Å². The van der Waals surface area contributed by atoms with Crippen molar-refractivity contribution in [3.8, 4) is 5.75 Å². The zero-order valence-electron chi connectivity index (χ0n) is 17.1. The number of fused-ring (bicyclic) bond motifs is 1. The number of carbonyl (C=O) groups is 1. The van der Waals surface area contributed by atoms with Crippen molar-refractivity contribution in [1.29, 1.82) is 0 Å². The molecule has 3 rings (SSSR count). The van der Waals surface area contributed by atoms with Crippen molar-refractivity contribution in [3.05, 3.63) is 77.4 Å². The van der Waals surface area contributed by atoms with Crippen LogP contribution in [0.15, 0.2) is 65.8 Å². The SMILES string of the molecule is CCCCOc1ccc2ccccc2c1/C=N/NC(=O)Cc1cccc(C(F)(F)F)c1. The standard InChI is InChI=1S/C24H23F3N2O2/c1-2-3-13-31-22-12-11-18-8-4-5-10-20(18)21(22)16-28-29-23(30)15-17-7-6-9-19(14-17)24(25,26)27/h4-12,14,16H,2-3,13,15H2,1H3,(H,29,30)/b28-16+. The zero-order chi connectivity index (χ0) is 22.3. The maximum Gasteiger partial charge on any atom is 0.416 e. The molecular weight excluding hydrogens is 405 g/mol. The van der Waals surface area contributed by atoms with Crippen molar-refractivity contribution >= 4 is 22.9 Å². The molecule has 0 aromatic heterocycles. The van der Waals surface area contributed by atoms with Crippen molar-refractivity contribution in [2.45, 2.75) is 32.4 Å². The minimum atomic E-state index is -4.45. The third-order valence-corrected chi connectivity index (χ3v) is 4.69. The fraction of sp³-hybridized carbons (Fsp3) is 0.250. The lowest BCUT2D eigenvalue weighted by atomic mass is 10.0. The van der Waals surface area contributed by atoms with E-state index in [0.717, 1.165) is 41.3 Å². The van der Waals surface area contributed by atoms with E-state index in [9.17, 15) is 18.0 Å². The molecule has 0 unspecified atom stereocenters. The Labute approximate surface area is 178 Å². The minimum absolute atomic E-state index is 0.212. The monoisotopic (exact) mass is 428 g/mol. The summed E-state index contributed by atoms with van der Waals surface area (Å²) in [6.07, 6.45) is -1.24. The molecule has 0 atom stereocenters. The van der Waals surface area contributed by atoms with Crippen LogP contribution in [0.5, 0.6) is 5.75 Å². The van der Waals surface area contributed by atoms with Crippen LogP contribution >= 0.6 is 0 Å². The molecule has 1 amide bonds. The van der Waals surface area contributed by atoms with E-state index in [-0.39, 0.29) is 12.0 Å². The highest BCUT2D eigenvalue weighted by Crippen LogP contribution is 2.30. The first-order chi connectivity index (χ1) is 14.9. The van der Waals surface area contributed by atoms with Crippen LogP contribution in [0, 0.1) is 0 Å². The molecule has 0 radical (unpaired) electrons. The Kier molecular flexibility index (Phi) is 7.28. The number of nitrogens with zero attached hydrogens (tertiary/aromatic N) is 1. The predicted molar refractivity (Wildman–Crippen MR) is 115 cm³/mol. The molecule has 0 saturated heterocycles. The largest absolute Gasteiger partial charge is 0.493 e. The number of hydrogen-bond acceptors (Lipinski definition) is 3. The molecule has 0 saturated carbocycles. The van der Waals surface area contributed by atoms with Crippen molar-refractivity contribution < 1.29 is 22.7 Å². The summed E-state index contributed by atoms with van der Waals surface area (Å²) >= 11 is 0. The van der Waals surface area contributed by atoms with Crippen LogP contribution in [0.1, 0.15) is 36.5 Å². The number of amides is 1. The molecule has 0 fully saturated rings. The van der Waals surface area contributed by atoms with Crippen LogP contribution in [0.25, 0.3) is 10.8 Å². The Balaban J connectivity index is 1.74. The van der Waals surface area contributed by atoms with Gasteiger partial charge in [-0.05, 0) is 34.9 Å². The number of halogens is 3. The number of nitrogens with one attached hydrogen (secondary N) is 1. The number of rotatable bonds is 8. The molecule has 4 nitrogen and oxygen atoms in total. The van der Waals surface area contributed by atoms with Gasteiger partial charge in [0.05, 0.1) is 24.8 Å². The predicted octanol–water partition coefficient (Wildman–Crippen LogP) is 5.73. The lowest BCUT2D eigenvalue weighted by Crippen LogP contribution is -2.20. The van der Waals surface area contributed by atoms with Crippen LogP contribution in [-0.2, 0) is 17.4 Å². The van der Waals surface area contributed by atoms with E-state index < -0.39 is 17.6 Å². The van der Waals surface area contributed by atoms with Crippen molar-refractivity contribution in [1.82, 2.24) is 5.43 Å². The fourth-order valence-electron chi connectivity index (χ4n) is 3.11. The van der Waals surface area contributed by atoms with Crippen LogP contribution in [0.4, 0.5) is 13.2 Å². The van der Waals surface area contributed by atoms with Crippen LogP contribution in [0.2, 0.25) is 0 Å². The first kappa shape index (κ1) is 22.3. The van der Waals surface area contributed by atoms with Crippen molar-refractivity contribution in [3.63, 3.8) is 0 Å². The quantitative estimate of drug-likeness (QED) is 0.283. The van der Waals surface area contributed by atoms with Crippen LogP contribution in [-0.4, -0.2) is 18.7 Å². The van der Waals surface area contributed by atoms with Gasteiger partial charge in [-0.1, -0.05) is 61.9 Å². The zero-order valence-corrected chi connectivity index (χ0v) is 17.1. The summed E-state index contributed by atoms with van der Waals surface area (Å²) in [4.78, 5) is 12.2. The number of carbonyl (C=O) groups excluding carboxylic acids is 1. The minimum Gasteiger partial charge on any atom is -0.493 e. The van der Waals surface area contributed by atoms with Gasteiger partial charge < -0.3 is 4.74 Å². The van der Waals surface area contributed by atoms with E-state index in [1.807, 2.05) is 36.4 Å². The van der Waals surface area contributed by atoms with Gasteiger partial charge in [-0.2, -0.15) is 18.3 Å². The summed E-state index contributed by atoms with van der Waals surface area (Å²) in [6.45, 7) is 2.64. The summed E-state index contributed by atoms with van der Waals surface area (Å²) in [5, 5.41) is 5.95. The summed E-state index contributed by atoms with van der Waals surface area (Å²) in [7, 11) is 0. The molecule has 31 heavy (non-hydrogen) atoms. The molecule has 3 aromatic carbocycles. The van der Waals surface area contributed by atoms with E-state index in [0.29, 0.717) is 12.4 Å². The molecule has 162 valence electrons. The van der Waals surface area contributed by atoms with Gasteiger partial charge in [0.15, 0.2) is 0 Å². The van der Waals surface area contributed by atoms with Crippen LogP contribution in [0.3, 0.4) is 0 Å². The maximum atomic E-state index is 12.8. The molecule has 7 heteroatoms. The summed E-state index contributed by atoms with van der Waals surface area (Å²) in [6, 6.07) is 16.3. The summed E-state index contributed by atoms with van der Waals surface area (Å²) in [5.74, 6) is 0.146. The molecule has 0 heterocycles. The van der Waals surface area contributed by atoms with Gasteiger partial charge >= 0.3 is 6.18 Å². The number of alkyl halides is 3. The normalized spacial score (nSPS) is 11.7. The van der Waals surface area contributed by atoms with Gasteiger partial charge in [-0.15, -0.1) is 0 Å². The number of hydrogen-bond donors (Lipinski definition) is 1. The third kappa shape index (κ3) is 6.07. The second kappa shape index (κ2) is 10.1. The van der Waals surface area contributed by atoms with E-state index in [2.05, 4.69) is 17.5 Å². The summed E-state index contributed by atoms with van der Waals surface area (Å²) in [5.41, 5.74) is 2.60. The van der Waals surface area contributed by atoms with Gasteiger partial charge in [-0.3, -0.25) is 4.79 Å². The van der Waals surface area contributed by atoms with Crippen LogP contribution < -0.4 is 10.2 Å². The molecule has 0 bridgehead atoms. The van der Waals surface area contributed by atoms with Gasteiger partial charge in [0.2, 0.25) is 5.91 Å². The van der Waals surface area contributed by atoms with E-state index in [1.54, 1.807) is 0 Å². The van der Waals surface area contributed by atoms with Gasteiger partial charge in [0.25, 0.3) is 0 Å². The molecule has 0 aliphatic heterocycles. The maximum absolute atomic E-state index is 12.8. The fourth-order valence-corrected chi connectivity index (χ4v) is 3.11. The number of unbranched alkanes of at least 4 members (excludes halogenated alkanes) is 1. The average molecular weight is 428 g/mol. The molecule has 1 N–H and O–H groups in total. The highest BCUT2D eigenvalue weighted by molar-refractivity contribution is 6.02. The first-order valence-corrected chi connectivity index (χ1v) is 10.0. The lowest BCUT2D eigenvalue weighted by molar-refractivity contribution is -0.137. The number of ether oxygens (including phenoxy) is 1. The smallest absolute Gasteiger partial charge is 0.416 e. The highest BCUT2D eigenvalue weighted by Gasteiger charge is 2.30. The molecule has 0 aliphatic carbocycles. The lowest BCUT2D eigenvalue weighted by Gasteiger charge is -2.11. The second-order valence-corrected chi connectivity index (χ2v) is 7.07. The van der Waals surface area contributed by atoms with Gasteiger partial charge in [-0.25, -0.2) is 5.43 Å². The highest BCUT2D eigenvalue weighted by atomic mass is 19.4. The Hall–Kier alpha value is -3.35. The van der Waals surface area contributed by atoms with Crippen molar-refractivity contribution in [2.75, 3.05) is 6.61 Å². The van der Waals surface area contributed by atoms with Gasteiger partial charge in [0.1, 0.15) is 5.75 Å². The van der Waals surface area contributed by atoms with E-state index >= 15 is 0 Å². The van der Waals surface area contributed by atoms with E-state index in [4.69, 9.17) is 4.74 Å². The second-order valence-electron chi connectivity index (χ2n) is 7.07. The van der Waals surface area contributed by atoms with E-state index in [1.165, 1.54) is 18.3 Å². The molecule has 0 aliphatic rings. The Bertz CT molecular complexity index is 1080. The molecule has 3 aromatic rings. The first-order valence-electron chi connectivity index (χ1n) is 10.0. The average Bonchev–Trinajstić information content (AvgIpc) is 2.74. The van der Waals surface area contributed by atoms with Gasteiger partial charge in [0, 0.05) is 5.56 Å². The Morgan fingerprint density at radius 2 is 1.90 bits per heavy atom. The number of hydrazone groups is 1. The Morgan fingerprint density at radius 1 is 1.10 bits per heavy atom. The Morgan fingerprint density at radius 3 is 2.68 bits per heavy atom. The molecular formula is C24H23F3N2O2.